The Bertz CT molecular complexity index is 199. The minimum atomic E-state index is -0.193. The Morgan fingerprint density at radius 1 is 1.50 bits per heavy atom. The number of carbonyl (C=O) groups is 2. The molecule has 0 aliphatic heterocycles. The monoisotopic (exact) mass is 197 g/mol. The van der Waals surface area contributed by atoms with Gasteiger partial charge in [-0.15, -0.1) is 0 Å². The highest BCUT2D eigenvalue weighted by atomic mass is 16.2. The summed E-state index contributed by atoms with van der Waals surface area (Å²) in [6.45, 7) is 4.44. The molecule has 0 aliphatic rings. The van der Waals surface area contributed by atoms with E-state index in [4.69, 9.17) is 0 Å². The largest absolute Gasteiger partial charge is 0.346 e. The van der Waals surface area contributed by atoms with Crippen molar-refractivity contribution in [2.75, 3.05) is 6.54 Å². The van der Waals surface area contributed by atoms with Crippen LogP contribution >= 0.6 is 0 Å². The van der Waals surface area contributed by atoms with Gasteiger partial charge in [0.15, 0.2) is 0 Å². The highest BCUT2D eigenvalue weighted by molar-refractivity contribution is 5.88. The first-order valence-electron chi connectivity index (χ1n) is 5.08. The maximum atomic E-state index is 11.0. The van der Waals surface area contributed by atoms with Crippen LogP contribution in [0, 0.1) is 5.92 Å². The number of nitrogens with one attached hydrogen (secondary N) is 1. The van der Waals surface area contributed by atoms with Crippen LogP contribution in [0.3, 0.4) is 0 Å². The van der Waals surface area contributed by atoms with Crippen molar-refractivity contribution in [3.63, 3.8) is 0 Å². The normalized spacial score (nSPS) is 12.7. The molecule has 14 heavy (non-hydrogen) atoms. The quantitative estimate of drug-likeness (QED) is 0.498. The molecular formula is C11H19NO2. The van der Waals surface area contributed by atoms with Gasteiger partial charge in [0, 0.05) is 0 Å². The molecule has 1 unspecified atom stereocenters. The van der Waals surface area contributed by atoms with Crippen molar-refractivity contribution >= 4 is 12.2 Å². The predicted octanol–water partition coefficient (Wildman–Crippen LogP) is 1.68. The van der Waals surface area contributed by atoms with E-state index in [1.54, 1.807) is 0 Å². The highest BCUT2D eigenvalue weighted by Gasteiger charge is 1.96. The lowest BCUT2D eigenvalue weighted by Gasteiger charge is -2.04. The molecule has 0 saturated carbocycles. The average molecular weight is 197 g/mol. The van der Waals surface area contributed by atoms with Crippen LogP contribution in [-0.4, -0.2) is 18.7 Å². The number of allylic oxidation sites excluding steroid dienone is 1. The molecule has 0 aliphatic carbocycles. The Balaban J connectivity index is 3.51. The predicted molar refractivity (Wildman–Crippen MR) is 56.9 cm³/mol. The van der Waals surface area contributed by atoms with Crippen LogP contribution in [0.1, 0.15) is 33.1 Å². The van der Waals surface area contributed by atoms with Crippen molar-refractivity contribution in [1.82, 2.24) is 5.32 Å². The maximum Gasteiger partial charge on any atom is 0.244 e. The molecule has 0 aromatic carbocycles. The third kappa shape index (κ3) is 7.53. The average Bonchev–Trinajstić information content (AvgIpc) is 2.21. The fourth-order valence-corrected chi connectivity index (χ4v) is 0.976. The van der Waals surface area contributed by atoms with Gasteiger partial charge < -0.3 is 10.1 Å². The molecule has 0 spiro atoms. The van der Waals surface area contributed by atoms with E-state index in [1.165, 1.54) is 12.5 Å². The highest BCUT2D eigenvalue weighted by Crippen LogP contribution is 2.09. The van der Waals surface area contributed by atoms with E-state index in [0.717, 1.165) is 12.8 Å². The van der Waals surface area contributed by atoms with Crippen LogP contribution in [0.2, 0.25) is 0 Å². The zero-order chi connectivity index (χ0) is 10.8. The van der Waals surface area contributed by atoms with Crippen LogP contribution in [0.25, 0.3) is 0 Å². The van der Waals surface area contributed by atoms with Gasteiger partial charge >= 0.3 is 0 Å². The molecule has 0 fully saturated rings. The zero-order valence-electron chi connectivity index (χ0n) is 8.95. The molecule has 0 rings (SSSR count). The summed E-state index contributed by atoms with van der Waals surface area (Å²) in [5.41, 5.74) is 0. The number of amides is 1. The molecule has 0 aromatic heterocycles. The van der Waals surface area contributed by atoms with Crippen molar-refractivity contribution in [3.8, 4) is 0 Å². The van der Waals surface area contributed by atoms with Crippen molar-refractivity contribution in [3.05, 3.63) is 12.2 Å². The van der Waals surface area contributed by atoms with Crippen molar-refractivity contribution in [1.29, 1.82) is 0 Å². The summed E-state index contributed by atoms with van der Waals surface area (Å²) in [7, 11) is 0. The van der Waals surface area contributed by atoms with E-state index in [9.17, 15) is 9.59 Å². The molecule has 0 heterocycles. The lowest BCUT2D eigenvalue weighted by Crippen LogP contribution is -2.22. The first-order chi connectivity index (χ1) is 6.70. The second-order valence-electron chi connectivity index (χ2n) is 3.40. The van der Waals surface area contributed by atoms with Crippen molar-refractivity contribution < 1.29 is 9.59 Å². The summed E-state index contributed by atoms with van der Waals surface area (Å²) in [6.07, 6.45) is 7.21. The summed E-state index contributed by atoms with van der Waals surface area (Å²) in [6, 6.07) is 0. The van der Waals surface area contributed by atoms with Gasteiger partial charge in [-0.2, -0.15) is 0 Å². The van der Waals surface area contributed by atoms with E-state index < -0.39 is 0 Å². The van der Waals surface area contributed by atoms with Crippen molar-refractivity contribution in [2.24, 2.45) is 5.92 Å². The Labute approximate surface area is 85.6 Å². The topological polar surface area (TPSA) is 46.2 Å². The summed E-state index contributed by atoms with van der Waals surface area (Å²) in [5.74, 6) is 0.513. The number of hydrogen-bond acceptors (Lipinski definition) is 2. The number of carbonyl (C=O) groups excluding carboxylic acids is 2. The van der Waals surface area contributed by atoms with Gasteiger partial charge in [-0.3, -0.25) is 4.79 Å². The Hall–Kier alpha value is -1.12. The minimum Gasteiger partial charge on any atom is -0.346 e. The maximum absolute atomic E-state index is 11.0. The summed E-state index contributed by atoms with van der Waals surface area (Å²) >= 11 is 0. The summed E-state index contributed by atoms with van der Waals surface area (Å²) in [4.78, 5) is 20.9. The molecule has 3 nitrogen and oxygen atoms in total. The van der Waals surface area contributed by atoms with Gasteiger partial charge in [-0.25, -0.2) is 0 Å². The zero-order valence-corrected chi connectivity index (χ0v) is 8.95. The molecule has 0 bridgehead atoms. The van der Waals surface area contributed by atoms with E-state index in [0.29, 0.717) is 12.2 Å². The standard InChI is InChI=1S/C11H19NO2/c1-3-10(2)6-4-5-7-11(14)12-8-9-13/h5,7,9-10H,3-4,6,8H2,1-2H3,(H,12,14). The molecule has 0 radical (unpaired) electrons. The summed E-state index contributed by atoms with van der Waals surface area (Å²) < 4.78 is 0. The van der Waals surface area contributed by atoms with Gasteiger partial charge in [-0.05, 0) is 24.8 Å². The molecular weight excluding hydrogens is 178 g/mol. The van der Waals surface area contributed by atoms with Crippen LogP contribution in [0.15, 0.2) is 12.2 Å². The van der Waals surface area contributed by atoms with Gasteiger partial charge in [0.25, 0.3) is 0 Å². The van der Waals surface area contributed by atoms with Crippen molar-refractivity contribution in [2.45, 2.75) is 33.1 Å². The molecule has 0 saturated heterocycles. The van der Waals surface area contributed by atoms with Crippen LogP contribution in [0.5, 0.6) is 0 Å². The molecule has 1 amide bonds. The Kier molecular flexibility index (Phi) is 7.80. The van der Waals surface area contributed by atoms with E-state index in [-0.39, 0.29) is 12.5 Å². The molecule has 3 heteroatoms. The number of aldehydes is 1. The second kappa shape index (κ2) is 8.48. The van der Waals surface area contributed by atoms with E-state index in [2.05, 4.69) is 19.2 Å². The lowest BCUT2D eigenvalue weighted by molar-refractivity contribution is -0.118. The lowest BCUT2D eigenvalue weighted by atomic mass is 10.0. The molecule has 1 atom stereocenters. The first-order valence-corrected chi connectivity index (χ1v) is 5.08. The van der Waals surface area contributed by atoms with Gasteiger partial charge in [0.2, 0.25) is 5.91 Å². The first kappa shape index (κ1) is 12.9. The molecule has 0 aromatic rings. The second-order valence-corrected chi connectivity index (χ2v) is 3.40. The van der Waals surface area contributed by atoms with Crippen LogP contribution < -0.4 is 5.32 Å². The van der Waals surface area contributed by atoms with Gasteiger partial charge in [-0.1, -0.05) is 26.3 Å². The number of hydrogen-bond donors (Lipinski definition) is 1. The van der Waals surface area contributed by atoms with Gasteiger partial charge in [0.05, 0.1) is 6.54 Å². The van der Waals surface area contributed by atoms with Crippen LogP contribution in [-0.2, 0) is 9.59 Å². The Morgan fingerprint density at radius 2 is 2.21 bits per heavy atom. The third-order valence-electron chi connectivity index (χ3n) is 2.15. The molecule has 80 valence electrons. The smallest absolute Gasteiger partial charge is 0.244 e. The van der Waals surface area contributed by atoms with Gasteiger partial charge in [0.1, 0.15) is 6.29 Å². The van der Waals surface area contributed by atoms with Crippen LogP contribution in [0.4, 0.5) is 0 Å². The van der Waals surface area contributed by atoms with E-state index >= 15 is 0 Å². The SMILES string of the molecule is CCC(C)CCC=CC(=O)NCC=O. The third-order valence-corrected chi connectivity index (χ3v) is 2.15. The fourth-order valence-electron chi connectivity index (χ4n) is 0.976. The molecule has 1 N–H and O–H groups in total. The van der Waals surface area contributed by atoms with E-state index in [1.807, 2.05) is 6.08 Å². The summed E-state index contributed by atoms with van der Waals surface area (Å²) in [5, 5.41) is 2.44. The Morgan fingerprint density at radius 3 is 2.79 bits per heavy atom. The fraction of sp³-hybridized carbons (Fsp3) is 0.636. The minimum absolute atomic E-state index is 0.0918. The number of rotatable bonds is 7.